The second kappa shape index (κ2) is 3.96. The number of pyridine rings is 1. The number of hydrogen-bond donors (Lipinski definition) is 2. The van der Waals surface area contributed by atoms with Crippen LogP contribution in [0.15, 0.2) is 23.1 Å². The minimum absolute atomic E-state index is 0.0234. The minimum atomic E-state index is -0.0234. The van der Waals surface area contributed by atoms with Crippen molar-refractivity contribution in [1.82, 2.24) is 10.3 Å². The first-order valence-corrected chi connectivity index (χ1v) is 5.20. The van der Waals surface area contributed by atoms with Crippen LogP contribution in [0.25, 0.3) is 0 Å². The summed E-state index contributed by atoms with van der Waals surface area (Å²) in [5, 5.41) is 3.51. The van der Waals surface area contributed by atoms with E-state index in [4.69, 9.17) is 0 Å². The van der Waals surface area contributed by atoms with Gasteiger partial charge in [0.05, 0.1) is 0 Å². The van der Waals surface area contributed by atoms with Crippen LogP contribution in [-0.4, -0.2) is 11.0 Å². The molecule has 0 amide bonds. The summed E-state index contributed by atoms with van der Waals surface area (Å²) in [5.41, 5.74) is 1.05. The molecular formula is C11H16N2O. The van der Waals surface area contributed by atoms with Crippen LogP contribution in [0.1, 0.15) is 37.8 Å². The molecule has 1 aromatic rings. The van der Waals surface area contributed by atoms with Crippen molar-refractivity contribution in [2.45, 2.75) is 38.3 Å². The van der Waals surface area contributed by atoms with Gasteiger partial charge in [0.25, 0.3) is 0 Å². The van der Waals surface area contributed by atoms with E-state index in [0.29, 0.717) is 6.04 Å². The van der Waals surface area contributed by atoms with Gasteiger partial charge in [-0.05, 0) is 31.4 Å². The first-order valence-electron chi connectivity index (χ1n) is 5.20. The lowest BCUT2D eigenvalue weighted by atomic mass is 9.92. The Labute approximate surface area is 83.5 Å². The Bertz CT molecular complexity index is 354. The van der Waals surface area contributed by atoms with Crippen molar-refractivity contribution < 1.29 is 0 Å². The first-order chi connectivity index (χ1) is 6.75. The SMILES string of the molecule is CC(NC1CCC1)c1cc[nH]c(=O)c1. The van der Waals surface area contributed by atoms with Crippen LogP contribution in [0.3, 0.4) is 0 Å². The van der Waals surface area contributed by atoms with Gasteiger partial charge < -0.3 is 10.3 Å². The highest BCUT2D eigenvalue weighted by Crippen LogP contribution is 2.21. The van der Waals surface area contributed by atoms with Gasteiger partial charge >= 0.3 is 0 Å². The van der Waals surface area contributed by atoms with Gasteiger partial charge in [0.2, 0.25) is 5.56 Å². The maximum atomic E-state index is 11.1. The molecule has 0 aliphatic heterocycles. The molecule has 0 radical (unpaired) electrons. The fourth-order valence-corrected chi connectivity index (χ4v) is 1.76. The molecule has 1 fully saturated rings. The molecular weight excluding hydrogens is 176 g/mol. The molecule has 76 valence electrons. The molecule has 1 aliphatic rings. The summed E-state index contributed by atoms with van der Waals surface area (Å²) in [6.07, 6.45) is 5.58. The van der Waals surface area contributed by atoms with E-state index in [1.807, 2.05) is 6.07 Å². The molecule has 0 saturated heterocycles. The lowest BCUT2D eigenvalue weighted by Gasteiger charge is -2.30. The van der Waals surface area contributed by atoms with Crippen LogP contribution in [0.4, 0.5) is 0 Å². The number of aromatic amines is 1. The van der Waals surface area contributed by atoms with E-state index >= 15 is 0 Å². The van der Waals surface area contributed by atoms with Gasteiger partial charge in [0.1, 0.15) is 0 Å². The third kappa shape index (κ3) is 2.04. The van der Waals surface area contributed by atoms with Gasteiger partial charge in [-0.25, -0.2) is 0 Å². The van der Waals surface area contributed by atoms with Crippen LogP contribution in [0.5, 0.6) is 0 Å². The molecule has 1 aromatic heterocycles. The van der Waals surface area contributed by atoms with Gasteiger partial charge in [0, 0.05) is 24.3 Å². The molecule has 1 aliphatic carbocycles. The van der Waals surface area contributed by atoms with E-state index < -0.39 is 0 Å². The Morgan fingerprint density at radius 1 is 1.57 bits per heavy atom. The average molecular weight is 192 g/mol. The highest BCUT2D eigenvalue weighted by molar-refractivity contribution is 5.14. The zero-order valence-electron chi connectivity index (χ0n) is 8.42. The van der Waals surface area contributed by atoms with Crippen LogP contribution < -0.4 is 10.9 Å². The van der Waals surface area contributed by atoms with Crippen LogP contribution in [-0.2, 0) is 0 Å². The molecule has 14 heavy (non-hydrogen) atoms. The molecule has 1 atom stereocenters. The summed E-state index contributed by atoms with van der Waals surface area (Å²) < 4.78 is 0. The van der Waals surface area contributed by atoms with Crippen molar-refractivity contribution in [2.75, 3.05) is 0 Å². The lowest BCUT2D eigenvalue weighted by molar-refractivity contribution is 0.313. The average Bonchev–Trinajstić information content (AvgIpc) is 2.11. The topological polar surface area (TPSA) is 44.9 Å². The van der Waals surface area contributed by atoms with E-state index in [2.05, 4.69) is 17.2 Å². The Kier molecular flexibility index (Phi) is 2.68. The summed E-state index contributed by atoms with van der Waals surface area (Å²) in [5.74, 6) is 0. The van der Waals surface area contributed by atoms with Gasteiger partial charge in [0.15, 0.2) is 0 Å². The predicted molar refractivity (Wildman–Crippen MR) is 56.3 cm³/mol. The quantitative estimate of drug-likeness (QED) is 0.763. The second-order valence-corrected chi connectivity index (χ2v) is 4.00. The molecule has 2 rings (SSSR count). The molecule has 1 heterocycles. The van der Waals surface area contributed by atoms with Gasteiger partial charge in [-0.3, -0.25) is 4.79 Å². The van der Waals surface area contributed by atoms with Crippen LogP contribution in [0.2, 0.25) is 0 Å². The van der Waals surface area contributed by atoms with Crippen molar-refractivity contribution in [3.8, 4) is 0 Å². The summed E-state index contributed by atoms with van der Waals surface area (Å²) in [7, 11) is 0. The van der Waals surface area contributed by atoms with E-state index in [1.165, 1.54) is 19.3 Å². The largest absolute Gasteiger partial charge is 0.329 e. The third-order valence-corrected chi connectivity index (χ3v) is 2.89. The molecule has 1 saturated carbocycles. The lowest BCUT2D eigenvalue weighted by Crippen LogP contribution is -2.37. The first kappa shape index (κ1) is 9.46. The summed E-state index contributed by atoms with van der Waals surface area (Å²) >= 11 is 0. The van der Waals surface area contributed by atoms with Gasteiger partial charge in [-0.2, -0.15) is 0 Å². The summed E-state index contributed by atoms with van der Waals surface area (Å²) in [6.45, 7) is 2.10. The maximum absolute atomic E-state index is 11.1. The zero-order valence-corrected chi connectivity index (χ0v) is 8.42. The summed E-state index contributed by atoms with van der Waals surface area (Å²) in [6, 6.07) is 4.56. The second-order valence-electron chi connectivity index (χ2n) is 4.00. The Morgan fingerprint density at radius 3 is 2.93 bits per heavy atom. The third-order valence-electron chi connectivity index (χ3n) is 2.89. The monoisotopic (exact) mass is 192 g/mol. The molecule has 2 N–H and O–H groups in total. The Balaban J connectivity index is 2.02. The minimum Gasteiger partial charge on any atom is -0.329 e. The maximum Gasteiger partial charge on any atom is 0.248 e. The fourth-order valence-electron chi connectivity index (χ4n) is 1.76. The molecule has 0 bridgehead atoms. The predicted octanol–water partition coefficient (Wildman–Crippen LogP) is 1.58. The molecule has 1 unspecified atom stereocenters. The number of H-pyrrole nitrogens is 1. The Hall–Kier alpha value is -1.09. The number of rotatable bonds is 3. The number of hydrogen-bond acceptors (Lipinski definition) is 2. The van der Waals surface area contributed by atoms with Crippen molar-refractivity contribution in [3.05, 3.63) is 34.2 Å². The molecule has 3 nitrogen and oxygen atoms in total. The van der Waals surface area contributed by atoms with Crippen LogP contribution in [0, 0.1) is 0 Å². The van der Waals surface area contributed by atoms with E-state index in [-0.39, 0.29) is 11.6 Å². The highest BCUT2D eigenvalue weighted by atomic mass is 16.1. The van der Waals surface area contributed by atoms with Gasteiger partial charge in [-0.1, -0.05) is 6.42 Å². The molecule has 0 spiro atoms. The fraction of sp³-hybridized carbons (Fsp3) is 0.545. The van der Waals surface area contributed by atoms with Crippen LogP contribution >= 0.6 is 0 Å². The van der Waals surface area contributed by atoms with Crippen molar-refractivity contribution in [1.29, 1.82) is 0 Å². The van der Waals surface area contributed by atoms with E-state index in [1.54, 1.807) is 12.3 Å². The zero-order chi connectivity index (χ0) is 9.97. The van der Waals surface area contributed by atoms with Gasteiger partial charge in [-0.15, -0.1) is 0 Å². The number of aromatic nitrogens is 1. The standard InChI is InChI=1S/C11H16N2O/c1-8(13-10-3-2-4-10)9-5-6-12-11(14)7-9/h5-8,10,13H,2-4H2,1H3,(H,12,14). The summed E-state index contributed by atoms with van der Waals surface area (Å²) in [4.78, 5) is 13.7. The normalized spacial score (nSPS) is 18.9. The van der Waals surface area contributed by atoms with E-state index in [9.17, 15) is 4.79 Å². The molecule has 0 aromatic carbocycles. The highest BCUT2D eigenvalue weighted by Gasteiger charge is 2.19. The van der Waals surface area contributed by atoms with E-state index in [0.717, 1.165) is 5.56 Å². The Morgan fingerprint density at radius 2 is 2.36 bits per heavy atom. The molecule has 3 heteroatoms. The van der Waals surface area contributed by atoms with Crippen molar-refractivity contribution in [3.63, 3.8) is 0 Å². The number of nitrogens with one attached hydrogen (secondary N) is 2. The van der Waals surface area contributed by atoms with Crippen molar-refractivity contribution in [2.24, 2.45) is 0 Å². The smallest absolute Gasteiger partial charge is 0.248 e. The van der Waals surface area contributed by atoms with Crippen molar-refractivity contribution >= 4 is 0 Å².